The Morgan fingerprint density at radius 3 is 2.19 bits per heavy atom. The number of carbonyl (C=O) groups is 1. The summed E-state index contributed by atoms with van der Waals surface area (Å²) in [5.41, 5.74) is 0.451. The summed E-state index contributed by atoms with van der Waals surface area (Å²) in [5.74, 6) is 0.825. The lowest BCUT2D eigenvalue weighted by Crippen LogP contribution is -2.03. The maximum atomic E-state index is 11.1. The lowest BCUT2D eigenvalue weighted by molar-refractivity contribution is -0.138. The number of alkyl halides is 1. The fourth-order valence-corrected chi connectivity index (χ4v) is 0.443. The average Bonchev–Trinajstić information content (AvgIpc) is 2.27. The van der Waals surface area contributed by atoms with Crippen molar-refractivity contribution < 1.29 is 23.5 Å². The van der Waals surface area contributed by atoms with Crippen LogP contribution in [0.2, 0.25) is 0 Å². The average molecular weight is 230 g/mol. The maximum Gasteiger partial charge on any atom is 0.333 e. The zero-order valence-corrected chi connectivity index (χ0v) is 9.42. The summed E-state index contributed by atoms with van der Waals surface area (Å²) in [7, 11) is 0. The molecule has 0 bridgehead atoms. The van der Waals surface area contributed by atoms with E-state index in [-0.39, 0.29) is 11.7 Å². The Morgan fingerprint density at radius 2 is 2.06 bits per heavy atom. The summed E-state index contributed by atoms with van der Waals surface area (Å²) in [6, 6.07) is 0. The number of allylic oxidation sites excluding steroid dienone is 1. The number of carbonyl (C=O) groups excluding carboxylic acids is 2. The largest absolute Gasteiger partial charge is 0.463 e. The van der Waals surface area contributed by atoms with Crippen LogP contribution in [0.1, 0.15) is 13.8 Å². The third-order valence-corrected chi connectivity index (χ3v) is 1.12. The Hall–Kier alpha value is -1.87. The fraction of sp³-hybridized carbons (Fsp3) is 0.364. The van der Waals surface area contributed by atoms with Gasteiger partial charge in [-0.15, -0.1) is 0 Å². The Bertz CT molecular complexity index is 290. The normalized spacial score (nSPS) is 7.69. The van der Waals surface area contributed by atoms with Crippen molar-refractivity contribution in [2.75, 3.05) is 13.5 Å². The number of esters is 1. The van der Waals surface area contributed by atoms with Crippen molar-refractivity contribution in [3.8, 4) is 0 Å². The third kappa shape index (κ3) is 10.2. The van der Waals surface area contributed by atoms with Crippen molar-refractivity contribution in [1.29, 1.82) is 0 Å². The molecule has 0 fully saturated rings. The van der Waals surface area contributed by atoms with Crippen LogP contribution in [0.25, 0.3) is 0 Å². The van der Waals surface area contributed by atoms with E-state index in [4.69, 9.17) is 0 Å². The van der Waals surface area contributed by atoms with Gasteiger partial charge in [-0.1, -0.05) is 13.2 Å². The van der Waals surface area contributed by atoms with Gasteiger partial charge in [-0.25, -0.2) is 14.0 Å². The van der Waals surface area contributed by atoms with Gasteiger partial charge in [0, 0.05) is 5.57 Å². The first-order valence-corrected chi connectivity index (χ1v) is 4.42. The van der Waals surface area contributed by atoms with Gasteiger partial charge in [0.2, 0.25) is 12.6 Å². The molecular formula is C11H15FO4. The molecule has 0 aromatic heterocycles. The Labute approximate surface area is 94.0 Å². The molecule has 0 rings (SSSR count). The second-order valence-corrected chi connectivity index (χ2v) is 2.42. The molecule has 0 amide bonds. The van der Waals surface area contributed by atoms with E-state index in [1.54, 1.807) is 13.8 Å². The van der Waals surface area contributed by atoms with Gasteiger partial charge in [0.1, 0.15) is 0 Å². The molecule has 0 spiro atoms. The quantitative estimate of drug-likeness (QED) is 0.238. The van der Waals surface area contributed by atoms with Crippen LogP contribution in [0.5, 0.6) is 0 Å². The van der Waals surface area contributed by atoms with E-state index in [2.05, 4.69) is 22.6 Å². The van der Waals surface area contributed by atoms with Crippen molar-refractivity contribution in [3.63, 3.8) is 0 Å². The molecule has 0 saturated heterocycles. The lowest BCUT2D eigenvalue weighted by atomic mass is 10.4. The topological polar surface area (TPSA) is 52.6 Å². The van der Waals surface area contributed by atoms with E-state index < -0.39 is 6.86 Å². The molecule has 0 aromatic rings. The third-order valence-electron chi connectivity index (χ3n) is 1.12. The molecule has 16 heavy (non-hydrogen) atoms. The monoisotopic (exact) mass is 230 g/mol. The summed E-state index contributed by atoms with van der Waals surface area (Å²) in [4.78, 5) is 20.0. The highest BCUT2D eigenvalue weighted by molar-refractivity contribution is 5.86. The molecule has 5 heteroatoms. The Morgan fingerprint density at radius 1 is 1.50 bits per heavy atom. The minimum atomic E-state index is -1.02. The first kappa shape index (κ1) is 16.6. The van der Waals surface area contributed by atoms with Gasteiger partial charge in [-0.05, 0) is 19.9 Å². The van der Waals surface area contributed by atoms with Crippen LogP contribution in [0.3, 0.4) is 0 Å². The lowest BCUT2D eigenvalue weighted by Gasteiger charge is -1.96. The molecule has 0 radical (unpaired) electrons. The first-order valence-electron chi connectivity index (χ1n) is 4.42. The Balaban J connectivity index is 0. The molecule has 4 nitrogen and oxygen atoms in total. The van der Waals surface area contributed by atoms with Gasteiger partial charge in [0.15, 0.2) is 5.94 Å². The van der Waals surface area contributed by atoms with Crippen molar-refractivity contribution in [2.24, 2.45) is 0 Å². The van der Waals surface area contributed by atoms with Gasteiger partial charge in [0.25, 0.3) is 0 Å². The van der Waals surface area contributed by atoms with Crippen molar-refractivity contribution in [2.45, 2.75) is 13.8 Å². The summed E-state index contributed by atoms with van der Waals surface area (Å²) in [5, 5.41) is 0. The molecular weight excluding hydrogens is 215 g/mol. The highest BCUT2D eigenvalue weighted by atomic mass is 19.1. The van der Waals surface area contributed by atoms with Crippen molar-refractivity contribution in [1.82, 2.24) is 0 Å². The first-order chi connectivity index (χ1) is 7.53. The maximum absolute atomic E-state index is 11.1. The molecule has 0 aliphatic carbocycles. The number of rotatable bonds is 5. The molecule has 0 aliphatic rings. The van der Waals surface area contributed by atoms with E-state index in [9.17, 15) is 14.0 Å². The van der Waals surface area contributed by atoms with Crippen LogP contribution < -0.4 is 0 Å². The zero-order chi connectivity index (χ0) is 13.0. The molecule has 0 aliphatic heterocycles. The molecule has 90 valence electrons. The summed E-state index contributed by atoms with van der Waals surface area (Å²) in [6.45, 7) is 9.35. The highest BCUT2D eigenvalue weighted by Gasteiger charge is 1.98. The van der Waals surface area contributed by atoms with E-state index in [1.807, 2.05) is 0 Å². The number of hydrogen-bond donors (Lipinski definition) is 0. The van der Waals surface area contributed by atoms with Gasteiger partial charge >= 0.3 is 5.97 Å². The number of halogens is 1. The molecule has 0 heterocycles. The highest BCUT2D eigenvalue weighted by Crippen LogP contribution is 1.90. The van der Waals surface area contributed by atoms with E-state index in [0.29, 0.717) is 12.2 Å². The van der Waals surface area contributed by atoms with Gasteiger partial charge in [-0.3, -0.25) is 0 Å². The predicted molar refractivity (Wildman–Crippen MR) is 57.9 cm³/mol. The Kier molecular flexibility index (Phi) is 11.6. The van der Waals surface area contributed by atoms with Gasteiger partial charge in [0.05, 0.1) is 6.61 Å². The second-order valence-electron chi connectivity index (χ2n) is 2.42. The van der Waals surface area contributed by atoms with Crippen molar-refractivity contribution >= 4 is 11.9 Å². The predicted octanol–water partition coefficient (Wildman–Crippen LogP) is 1.96. The van der Waals surface area contributed by atoms with Crippen LogP contribution in [0.4, 0.5) is 4.39 Å². The SMILES string of the molecule is C=C(C)C(=O)OCC.C=CC(=C=O)OCF. The zero-order valence-electron chi connectivity index (χ0n) is 9.42. The number of hydrogen-bond acceptors (Lipinski definition) is 4. The standard InChI is InChI=1S/C6H10O2.C5H5FO2/c1-4-8-6(7)5(2)3;1-2-5(3-7)8-4-6/h2,4H2,1,3H3;2H,1,4H2. The molecule has 0 N–H and O–H groups in total. The van der Waals surface area contributed by atoms with Crippen LogP contribution >= 0.6 is 0 Å². The molecule has 0 saturated carbocycles. The smallest absolute Gasteiger partial charge is 0.333 e. The van der Waals surface area contributed by atoms with Crippen LogP contribution in [0, 0.1) is 0 Å². The molecule has 0 aromatic carbocycles. The second kappa shape index (κ2) is 11.2. The summed E-state index contributed by atoms with van der Waals surface area (Å²) < 4.78 is 19.8. The molecule has 0 atom stereocenters. The minimum absolute atomic E-state index is 0.201. The summed E-state index contributed by atoms with van der Waals surface area (Å²) >= 11 is 0. The van der Waals surface area contributed by atoms with E-state index in [1.165, 1.54) is 5.94 Å². The van der Waals surface area contributed by atoms with Gasteiger partial charge < -0.3 is 9.47 Å². The van der Waals surface area contributed by atoms with Crippen LogP contribution in [-0.4, -0.2) is 25.4 Å². The minimum Gasteiger partial charge on any atom is -0.463 e. The van der Waals surface area contributed by atoms with E-state index in [0.717, 1.165) is 6.08 Å². The van der Waals surface area contributed by atoms with Crippen molar-refractivity contribution in [3.05, 3.63) is 30.6 Å². The van der Waals surface area contributed by atoms with Crippen LogP contribution in [0.15, 0.2) is 30.6 Å². The summed E-state index contributed by atoms with van der Waals surface area (Å²) in [6.07, 6.45) is 1.09. The van der Waals surface area contributed by atoms with E-state index >= 15 is 0 Å². The fourth-order valence-electron chi connectivity index (χ4n) is 0.443. The van der Waals surface area contributed by atoms with Gasteiger partial charge in [-0.2, -0.15) is 0 Å². The molecule has 0 unspecified atom stereocenters. The number of ether oxygens (including phenoxy) is 2. The van der Waals surface area contributed by atoms with Crippen LogP contribution in [-0.2, 0) is 19.1 Å².